The molecule has 178 valence electrons. The van der Waals surface area contributed by atoms with Crippen LogP contribution in [0.5, 0.6) is 0 Å². The lowest BCUT2D eigenvalue weighted by Gasteiger charge is -2.33. The van der Waals surface area contributed by atoms with E-state index in [4.69, 9.17) is 10.7 Å². The lowest BCUT2D eigenvalue weighted by molar-refractivity contribution is 0.102. The van der Waals surface area contributed by atoms with Gasteiger partial charge in [-0.2, -0.15) is 0 Å². The summed E-state index contributed by atoms with van der Waals surface area (Å²) < 4.78 is 0. The van der Waals surface area contributed by atoms with Gasteiger partial charge in [0.25, 0.3) is 5.91 Å². The molecule has 2 aromatic heterocycles. The summed E-state index contributed by atoms with van der Waals surface area (Å²) in [4.78, 5) is 24.3. The molecular formula is C28H29N5OS. The Labute approximate surface area is 209 Å². The maximum Gasteiger partial charge on any atom is 0.255 e. The van der Waals surface area contributed by atoms with Crippen LogP contribution in [0, 0.1) is 0 Å². The number of likely N-dealkylation sites (N-methyl/N-ethyl adjacent to an activating group) is 1. The second kappa shape index (κ2) is 8.98. The predicted octanol–water partition coefficient (Wildman–Crippen LogP) is 5.43. The van der Waals surface area contributed by atoms with Gasteiger partial charge in [-0.3, -0.25) is 4.79 Å². The molecule has 0 atom stereocenters. The third-order valence-corrected chi connectivity index (χ3v) is 7.94. The number of benzene rings is 2. The van der Waals surface area contributed by atoms with Gasteiger partial charge in [-0.25, -0.2) is 4.98 Å². The Morgan fingerprint density at radius 2 is 1.89 bits per heavy atom. The van der Waals surface area contributed by atoms with Crippen molar-refractivity contribution in [2.24, 2.45) is 0 Å². The Balaban J connectivity index is 1.31. The Morgan fingerprint density at radius 1 is 1.06 bits per heavy atom. The molecule has 0 bridgehead atoms. The molecule has 0 unspecified atom stereocenters. The number of fused-ring (bicyclic) bond motifs is 1. The fraction of sp³-hybridized carbons (Fsp3) is 0.286. The number of anilines is 3. The molecule has 35 heavy (non-hydrogen) atoms. The Kier molecular flexibility index (Phi) is 5.66. The number of aromatic nitrogens is 1. The maximum atomic E-state index is 13.4. The summed E-state index contributed by atoms with van der Waals surface area (Å²) in [6, 6.07) is 18.1. The molecule has 6 rings (SSSR count). The van der Waals surface area contributed by atoms with Gasteiger partial charge in [-0.05, 0) is 84.8 Å². The number of amides is 1. The molecule has 2 fully saturated rings. The zero-order valence-corrected chi connectivity index (χ0v) is 20.6. The predicted molar refractivity (Wildman–Crippen MR) is 146 cm³/mol. The number of carbonyl (C=O) groups excluding carboxylic acids is 1. The van der Waals surface area contributed by atoms with E-state index in [2.05, 4.69) is 40.4 Å². The van der Waals surface area contributed by atoms with Gasteiger partial charge >= 0.3 is 0 Å². The van der Waals surface area contributed by atoms with Crippen molar-refractivity contribution in [3.8, 4) is 10.4 Å². The number of nitrogens with zero attached hydrogens (tertiary/aromatic N) is 3. The van der Waals surface area contributed by atoms with Gasteiger partial charge in [-0.15, -0.1) is 11.3 Å². The molecule has 4 aromatic rings. The second-order valence-corrected chi connectivity index (χ2v) is 10.6. The molecule has 6 nitrogen and oxygen atoms in total. The molecular weight excluding hydrogens is 454 g/mol. The first-order valence-corrected chi connectivity index (χ1v) is 13.1. The fourth-order valence-corrected chi connectivity index (χ4v) is 5.48. The van der Waals surface area contributed by atoms with Gasteiger partial charge in [0.05, 0.1) is 16.9 Å². The molecule has 2 aromatic carbocycles. The number of thiophene rings is 1. The standard InChI is InChI=1S/C28H29N5OS/c1-32-10-12-33(13-11-32)26-9-7-20-15-21(16-22(18-4-5-18)27(20)31-26)28(34)30-24-17-19(6-8-23(24)29)25-3-2-14-35-25/h2-3,6-9,14-18H,4-5,10-13,29H2,1H3,(H,30,34). The van der Waals surface area contributed by atoms with Gasteiger partial charge in [0, 0.05) is 42.0 Å². The minimum absolute atomic E-state index is 0.146. The summed E-state index contributed by atoms with van der Waals surface area (Å²) in [5.74, 6) is 1.36. The van der Waals surface area contributed by atoms with Gasteiger partial charge in [0.15, 0.2) is 0 Å². The maximum absolute atomic E-state index is 13.4. The largest absolute Gasteiger partial charge is 0.397 e. The number of rotatable bonds is 5. The van der Waals surface area contributed by atoms with Crippen LogP contribution in [0.25, 0.3) is 21.3 Å². The number of nitrogens with two attached hydrogens (primary N) is 1. The lowest BCUT2D eigenvalue weighted by atomic mass is 10.0. The van der Waals surface area contributed by atoms with Crippen LogP contribution < -0.4 is 16.0 Å². The Morgan fingerprint density at radius 3 is 2.63 bits per heavy atom. The average Bonchev–Trinajstić information content (AvgIpc) is 3.58. The van der Waals surface area contributed by atoms with E-state index >= 15 is 0 Å². The molecule has 1 saturated carbocycles. The monoisotopic (exact) mass is 483 g/mol. The SMILES string of the molecule is CN1CCN(c2ccc3cc(C(=O)Nc4cc(-c5cccs5)ccc4N)cc(C4CC4)c3n2)CC1. The molecule has 3 N–H and O–H groups in total. The van der Waals surface area contributed by atoms with Crippen molar-refractivity contribution in [3.05, 3.63) is 71.1 Å². The van der Waals surface area contributed by atoms with Crippen LogP contribution in [0.1, 0.15) is 34.7 Å². The van der Waals surface area contributed by atoms with Gasteiger partial charge in [0.1, 0.15) is 5.82 Å². The van der Waals surface area contributed by atoms with Crippen LogP contribution in [0.3, 0.4) is 0 Å². The molecule has 1 amide bonds. The van der Waals surface area contributed by atoms with E-state index in [9.17, 15) is 4.79 Å². The molecule has 0 radical (unpaired) electrons. The van der Waals surface area contributed by atoms with Crippen molar-refractivity contribution in [1.29, 1.82) is 0 Å². The van der Waals surface area contributed by atoms with Crippen molar-refractivity contribution in [1.82, 2.24) is 9.88 Å². The van der Waals surface area contributed by atoms with Crippen molar-refractivity contribution in [2.45, 2.75) is 18.8 Å². The highest BCUT2D eigenvalue weighted by Gasteiger charge is 2.28. The lowest BCUT2D eigenvalue weighted by Crippen LogP contribution is -2.44. The number of hydrogen-bond donors (Lipinski definition) is 2. The van der Waals surface area contributed by atoms with Gasteiger partial charge in [-0.1, -0.05) is 12.1 Å². The summed E-state index contributed by atoms with van der Waals surface area (Å²) in [5, 5.41) is 6.11. The van der Waals surface area contributed by atoms with Crippen LogP contribution in [-0.2, 0) is 0 Å². The zero-order valence-electron chi connectivity index (χ0n) is 19.8. The van der Waals surface area contributed by atoms with Crippen LogP contribution in [0.2, 0.25) is 0 Å². The third-order valence-electron chi connectivity index (χ3n) is 7.02. The second-order valence-electron chi connectivity index (χ2n) is 9.60. The molecule has 3 heterocycles. The topological polar surface area (TPSA) is 74.5 Å². The van der Waals surface area contributed by atoms with Crippen LogP contribution in [0.15, 0.2) is 60.0 Å². The summed E-state index contributed by atoms with van der Waals surface area (Å²) in [6.07, 6.45) is 2.30. The number of hydrogen-bond acceptors (Lipinski definition) is 6. The van der Waals surface area contributed by atoms with Crippen LogP contribution in [-0.4, -0.2) is 49.0 Å². The van der Waals surface area contributed by atoms with Crippen LogP contribution >= 0.6 is 11.3 Å². The highest BCUT2D eigenvalue weighted by molar-refractivity contribution is 7.13. The first-order valence-electron chi connectivity index (χ1n) is 12.2. The molecule has 1 aliphatic heterocycles. The Hall–Kier alpha value is -3.42. The van der Waals surface area contributed by atoms with Crippen molar-refractivity contribution >= 4 is 45.3 Å². The molecule has 2 aliphatic rings. The number of carbonyl (C=O) groups is 1. The minimum atomic E-state index is -0.146. The summed E-state index contributed by atoms with van der Waals surface area (Å²) in [5.41, 5.74) is 11.3. The minimum Gasteiger partial charge on any atom is -0.397 e. The van der Waals surface area contributed by atoms with E-state index in [-0.39, 0.29) is 5.91 Å². The van der Waals surface area contributed by atoms with Gasteiger partial charge in [0.2, 0.25) is 0 Å². The Bertz CT molecular complexity index is 1390. The average molecular weight is 484 g/mol. The first-order chi connectivity index (χ1) is 17.0. The highest BCUT2D eigenvalue weighted by atomic mass is 32.1. The van der Waals surface area contributed by atoms with E-state index in [1.54, 1.807) is 11.3 Å². The normalized spacial score (nSPS) is 16.5. The number of nitrogen functional groups attached to an aromatic ring is 1. The number of piperazine rings is 1. The van der Waals surface area contributed by atoms with Crippen molar-refractivity contribution in [3.63, 3.8) is 0 Å². The van der Waals surface area contributed by atoms with E-state index < -0.39 is 0 Å². The van der Waals surface area contributed by atoms with Crippen molar-refractivity contribution in [2.75, 3.05) is 49.2 Å². The highest BCUT2D eigenvalue weighted by Crippen LogP contribution is 2.43. The summed E-state index contributed by atoms with van der Waals surface area (Å²) >= 11 is 1.66. The molecule has 7 heteroatoms. The van der Waals surface area contributed by atoms with Crippen molar-refractivity contribution < 1.29 is 4.79 Å². The third kappa shape index (κ3) is 4.49. The zero-order chi connectivity index (χ0) is 23.9. The van der Waals surface area contributed by atoms with E-state index in [1.165, 1.54) is 5.56 Å². The fourth-order valence-electron chi connectivity index (χ4n) is 4.76. The van der Waals surface area contributed by atoms with E-state index in [0.29, 0.717) is 22.9 Å². The number of pyridine rings is 1. The van der Waals surface area contributed by atoms with E-state index in [1.807, 2.05) is 41.8 Å². The van der Waals surface area contributed by atoms with Crippen LogP contribution in [0.4, 0.5) is 17.2 Å². The van der Waals surface area contributed by atoms with Gasteiger partial charge < -0.3 is 20.9 Å². The summed E-state index contributed by atoms with van der Waals surface area (Å²) in [6.45, 7) is 4.07. The first kappa shape index (κ1) is 22.1. The quantitative estimate of drug-likeness (QED) is 0.371. The molecule has 1 saturated heterocycles. The van der Waals surface area contributed by atoms with E-state index in [0.717, 1.165) is 66.2 Å². The number of nitrogens with one attached hydrogen (secondary N) is 1. The molecule has 1 aliphatic carbocycles. The summed E-state index contributed by atoms with van der Waals surface area (Å²) in [7, 11) is 2.16. The molecule has 0 spiro atoms. The smallest absolute Gasteiger partial charge is 0.255 e.